The quantitative estimate of drug-likeness (QED) is 0.712. The number of nitrogens with zero attached hydrogens (tertiary/aromatic N) is 4. The van der Waals surface area contributed by atoms with Crippen LogP contribution in [0.15, 0.2) is 29.4 Å². The molecule has 13 heteroatoms. The molecule has 1 heterocycles. The van der Waals surface area contributed by atoms with Gasteiger partial charge in [0.15, 0.2) is 0 Å². The lowest BCUT2D eigenvalue weighted by atomic mass is 10.3. The molecule has 0 saturated heterocycles. The highest BCUT2D eigenvalue weighted by Crippen LogP contribution is 2.25. The van der Waals surface area contributed by atoms with Crippen molar-refractivity contribution in [2.45, 2.75) is 11.3 Å². The van der Waals surface area contributed by atoms with Crippen LogP contribution in [0.4, 0.5) is 18.0 Å². The van der Waals surface area contributed by atoms with Crippen LogP contribution in [0.5, 0.6) is 5.75 Å². The van der Waals surface area contributed by atoms with Crippen molar-refractivity contribution in [2.24, 2.45) is 0 Å². The predicted octanol–water partition coefficient (Wildman–Crippen LogP) is 1.15. The number of imide groups is 1. The normalized spacial score (nSPS) is 11.1. The van der Waals surface area contributed by atoms with E-state index in [-0.39, 0.29) is 10.9 Å². The monoisotopic (exact) mass is 390 g/mol. The molecule has 1 aromatic heterocycles. The lowest BCUT2D eigenvalue weighted by Crippen LogP contribution is -2.43. The summed E-state index contributed by atoms with van der Waals surface area (Å²) in [6.45, 7) is -1.54. The number of nitrogens with one attached hydrogen (secondary N) is 2. The molecular weight excluding hydrogens is 377 g/mol. The summed E-state index contributed by atoms with van der Waals surface area (Å²) in [4.78, 5) is 22.9. The number of tetrazole rings is 1. The molecule has 140 valence electrons. The van der Waals surface area contributed by atoms with Crippen LogP contribution in [0.3, 0.4) is 0 Å². The van der Waals surface area contributed by atoms with Crippen LogP contribution < -0.4 is 15.4 Å². The first kappa shape index (κ1) is 19.5. The molecule has 0 atom stereocenters. The Bertz CT molecular complexity index is 782. The Labute approximate surface area is 149 Å². The maximum Gasteiger partial charge on any atom is 0.405 e. The van der Waals surface area contributed by atoms with Crippen LogP contribution >= 0.6 is 11.8 Å². The predicted molar refractivity (Wildman–Crippen MR) is 84.0 cm³/mol. The van der Waals surface area contributed by atoms with Crippen molar-refractivity contribution in [1.82, 2.24) is 30.8 Å². The number of methoxy groups -OCH3 is 1. The lowest BCUT2D eigenvalue weighted by Gasteiger charge is -2.10. The maximum atomic E-state index is 12.0. The molecule has 0 aliphatic carbocycles. The van der Waals surface area contributed by atoms with E-state index in [0.29, 0.717) is 11.4 Å². The van der Waals surface area contributed by atoms with Gasteiger partial charge in [0.1, 0.15) is 18.0 Å². The minimum Gasteiger partial charge on any atom is -0.494 e. The van der Waals surface area contributed by atoms with E-state index in [1.165, 1.54) is 17.1 Å². The average Bonchev–Trinajstić information content (AvgIpc) is 3.06. The summed E-state index contributed by atoms with van der Waals surface area (Å²) in [6, 6.07) is 5.66. The van der Waals surface area contributed by atoms with Gasteiger partial charge in [-0.05, 0) is 22.6 Å². The Balaban J connectivity index is 1.94. The molecular formula is C13H13F3N6O3S. The molecule has 0 bridgehead atoms. The number of carbonyl (C=O) groups is 2. The van der Waals surface area contributed by atoms with Crippen molar-refractivity contribution in [2.75, 3.05) is 19.4 Å². The summed E-state index contributed by atoms with van der Waals surface area (Å²) >= 11 is 0.898. The molecule has 2 aromatic rings. The van der Waals surface area contributed by atoms with E-state index in [1.54, 1.807) is 29.6 Å². The van der Waals surface area contributed by atoms with Crippen LogP contribution in [-0.2, 0) is 4.79 Å². The largest absolute Gasteiger partial charge is 0.494 e. The minimum atomic E-state index is -4.56. The second-order valence-electron chi connectivity index (χ2n) is 4.68. The van der Waals surface area contributed by atoms with Crippen molar-refractivity contribution < 1.29 is 27.5 Å². The van der Waals surface area contributed by atoms with Gasteiger partial charge >= 0.3 is 12.2 Å². The minimum absolute atomic E-state index is 0.236. The zero-order valence-electron chi connectivity index (χ0n) is 13.3. The third-order valence-electron chi connectivity index (χ3n) is 2.79. The Morgan fingerprint density at radius 1 is 1.31 bits per heavy atom. The number of carbonyl (C=O) groups excluding carboxylic acids is 2. The molecule has 2 N–H and O–H groups in total. The van der Waals surface area contributed by atoms with Crippen LogP contribution in [0, 0.1) is 0 Å². The third-order valence-corrected chi connectivity index (χ3v) is 3.71. The fourth-order valence-corrected chi connectivity index (χ4v) is 2.43. The Kier molecular flexibility index (Phi) is 6.38. The fraction of sp³-hybridized carbons (Fsp3) is 0.308. The van der Waals surface area contributed by atoms with Crippen molar-refractivity contribution in [3.8, 4) is 11.4 Å². The smallest absolute Gasteiger partial charge is 0.405 e. The van der Waals surface area contributed by atoms with Gasteiger partial charge in [0.2, 0.25) is 11.1 Å². The van der Waals surface area contributed by atoms with Gasteiger partial charge in [-0.3, -0.25) is 10.1 Å². The molecule has 0 unspecified atom stereocenters. The Morgan fingerprint density at radius 3 is 2.73 bits per heavy atom. The number of ether oxygens (including phenoxy) is 1. The van der Waals surface area contributed by atoms with Crippen LogP contribution in [0.2, 0.25) is 0 Å². The molecule has 3 amide bonds. The van der Waals surface area contributed by atoms with Gasteiger partial charge in [0.05, 0.1) is 12.9 Å². The van der Waals surface area contributed by atoms with E-state index in [1.807, 2.05) is 0 Å². The first-order valence-corrected chi connectivity index (χ1v) is 7.97. The summed E-state index contributed by atoms with van der Waals surface area (Å²) < 4.78 is 42.5. The van der Waals surface area contributed by atoms with E-state index in [2.05, 4.69) is 15.5 Å². The maximum absolute atomic E-state index is 12.0. The standard InChI is InChI=1S/C13H13F3N6O3S/c1-25-9-5-3-2-4-8(9)22-12(19-20-21-22)26-6-10(23)18-11(24)17-7-13(14,15)16/h2-5H,6-7H2,1H3,(H2,17,18,23,24). The second kappa shape index (κ2) is 8.51. The van der Waals surface area contributed by atoms with E-state index in [4.69, 9.17) is 4.74 Å². The van der Waals surface area contributed by atoms with Gasteiger partial charge < -0.3 is 10.1 Å². The molecule has 0 aliphatic rings. The van der Waals surface area contributed by atoms with Crippen molar-refractivity contribution in [1.29, 1.82) is 0 Å². The number of alkyl halides is 3. The number of rotatable bonds is 6. The molecule has 9 nitrogen and oxygen atoms in total. The number of amides is 3. The van der Waals surface area contributed by atoms with Gasteiger partial charge in [0, 0.05) is 0 Å². The summed E-state index contributed by atoms with van der Waals surface area (Å²) in [5.41, 5.74) is 0.533. The summed E-state index contributed by atoms with van der Waals surface area (Å²) in [7, 11) is 1.48. The number of hydrogen-bond donors (Lipinski definition) is 2. The van der Waals surface area contributed by atoms with Gasteiger partial charge in [-0.2, -0.15) is 17.9 Å². The number of hydrogen-bond acceptors (Lipinski definition) is 7. The number of thioether (sulfide) groups is 1. The van der Waals surface area contributed by atoms with Crippen molar-refractivity contribution in [3.63, 3.8) is 0 Å². The van der Waals surface area contributed by atoms with Gasteiger partial charge in [-0.25, -0.2) is 4.79 Å². The Morgan fingerprint density at radius 2 is 2.04 bits per heavy atom. The molecule has 0 spiro atoms. The molecule has 0 fully saturated rings. The molecule has 0 saturated carbocycles. The molecule has 1 aromatic carbocycles. The number of benzene rings is 1. The molecule has 0 radical (unpaired) electrons. The summed E-state index contributed by atoms with van der Waals surface area (Å²) in [6.07, 6.45) is -4.56. The molecule has 26 heavy (non-hydrogen) atoms. The zero-order chi connectivity index (χ0) is 19.2. The number of urea groups is 1. The van der Waals surface area contributed by atoms with Crippen LogP contribution in [-0.4, -0.2) is 57.7 Å². The van der Waals surface area contributed by atoms with E-state index in [0.717, 1.165) is 11.8 Å². The van der Waals surface area contributed by atoms with Crippen LogP contribution in [0.25, 0.3) is 5.69 Å². The van der Waals surface area contributed by atoms with Gasteiger partial charge in [-0.1, -0.05) is 23.9 Å². The fourth-order valence-electron chi connectivity index (χ4n) is 1.74. The number of aromatic nitrogens is 4. The number of halogens is 3. The summed E-state index contributed by atoms with van der Waals surface area (Å²) in [5, 5.41) is 14.6. The van der Waals surface area contributed by atoms with Gasteiger partial charge in [0.25, 0.3) is 0 Å². The first-order valence-electron chi connectivity index (χ1n) is 6.99. The van der Waals surface area contributed by atoms with Crippen molar-refractivity contribution in [3.05, 3.63) is 24.3 Å². The zero-order valence-corrected chi connectivity index (χ0v) is 14.1. The second-order valence-corrected chi connectivity index (χ2v) is 5.62. The molecule has 2 rings (SSSR count). The van der Waals surface area contributed by atoms with Crippen LogP contribution in [0.1, 0.15) is 0 Å². The third kappa shape index (κ3) is 5.61. The van der Waals surface area contributed by atoms with E-state index < -0.39 is 24.7 Å². The average molecular weight is 390 g/mol. The SMILES string of the molecule is COc1ccccc1-n1nnnc1SCC(=O)NC(=O)NCC(F)(F)F. The summed E-state index contributed by atoms with van der Waals surface area (Å²) in [5.74, 6) is -0.587. The number of para-hydroxylation sites is 2. The van der Waals surface area contributed by atoms with Crippen molar-refractivity contribution >= 4 is 23.7 Å². The Hall–Kier alpha value is -2.83. The molecule has 0 aliphatic heterocycles. The first-order chi connectivity index (χ1) is 12.3. The lowest BCUT2D eigenvalue weighted by molar-refractivity contribution is -0.124. The highest BCUT2D eigenvalue weighted by Gasteiger charge is 2.28. The van der Waals surface area contributed by atoms with Gasteiger partial charge in [-0.15, -0.1) is 5.10 Å². The van der Waals surface area contributed by atoms with E-state index >= 15 is 0 Å². The topological polar surface area (TPSA) is 111 Å². The highest BCUT2D eigenvalue weighted by atomic mass is 32.2. The van der Waals surface area contributed by atoms with E-state index in [9.17, 15) is 22.8 Å². The highest BCUT2D eigenvalue weighted by molar-refractivity contribution is 7.99.